The quantitative estimate of drug-likeness (QED) is 0.159. The van der Waals surface area contributed by atoms with Gasteiger partial charge in [-0.2, -0.15) is 0 Å². The zero-order valence-corrected chi connectivity index (χ0v) is 37.2. The first-order valence-corrected chi connectivity index (χ1v) is 23.1. The number of hydrogen-bond donors (Lipinski definition) is 0. The molecule has 9 aromatic carbocycles. The third-order valence-electron chi connectivity index (χ3n) is 13.0. The lowest BCUT2D eigenvalue weighted by Gasteiger charge is -2.21. The lowest BCUT2D eigenvalue weighted by atomic mass is 9.92. The minimum Gasteiger partial charge on any atom is -0.464 e. The van der Waals surface area contributed by atoms with Gasteiger partial charge in [0.2, 0.25) is 0 Å². The maximum atomic E-state index is 6.41. The Morgan fingerprint density at radius 2 is 0.884 bits per heavy atom. The Morgan fingerprint density at radius 1 is 0.319 bits per heavy atom. The van der Waals surface area contributed by atoms with E-state index in [1.165, 1.54) is 21.9 Å². The molecule has 0 saturated heterocycles. The van der Waals surface area contributed by atoms with E-state index in [-0.39, 0.29) is 0 Å². The standard InChI is InChI=1S/C63H40N4O2/c1-4-19-41(20-5-1)44-34-35-55-53(38-44)48-27-11-13-30-54(48)67(55)60-51(42-21-6-2-7-22-42)39-47(40-52(60)43-23-8-3-9-24-43)62-64-61(46-26-16-17-36-68-56-31-14-10-25-45(56)37-46)65-63(66-62)50-29-18-33-58-59(50)49-28-12-15-32-57(49)69-58/h1-40H. The van der Waals surface area contributed by atoms with Crippen LogP contribution in [0.25, 0.3) is 128 Å². The molecule has 0 aliphatic carbocycles. The molecular formula is C63H40N4O2. The van der Waals surface area contributed by atoms with Gasteiger partial charge >= 0.3 is 0 Å². The van der Waals surface area contributed by atoms with Crippen molar-refractivity contribution in [3.8, 4) is 73.2 Å². The number of fused-ring (bicyclic) bond motifs is 7. The van der Waals surface area contributed by atoms with E-state index in [4.69, 9.17) is 23.8 Å². The van der Waals surface area contributed by atoms with Crippen LogP contribution in [0.15, 0.2) is 252 Å². The molecule has 4 heterocycles. The van der Waals surface area contributed by atoms with Crippen molar-refractivity contribution in [2.24, 2.45) is 0 Å². The van der Waals surface area contributed by atoms with Gasteiger partial charge < -0.3 is 13.4 Å². The summed E-state index contributed by atoms with van der Waals surface area (Å²) in [4.78, 5) is 16.2. The molecule has 0 aliphatic rings. The van der Waals surface area contributed by atoms with Gasteiger partial charge in [0, 0.05) is 54.7 Å². The maximum absolute atomic E-state index is 6.41. The molecule has 4 aromatic heterocycles. The van der Waals surface area contributed by atoms with E-state index in [2.05, 4.69) is 168 Å². The van der Waals surface area contributed by atoms with Gasteiger partial charge in [-0.05, 0) is 82.9 Å². The smallest absolute Gasteiger partial charge is 0.164 e. The molecule has 0 bridgehead atoms. The lowest BCUT2D eigenvalue weighted by molar-refractivity contribution is 0.606. The van der Waals surface area contributed by atoms with Crippen LogP contribution >= 0.6 is 0 Å². The van der Waals surface area contributed by atoms with Crippen molar-refractivity contribution in [2.45, 2.75) is 0 Å². The highest BCUT2D eigenvalue weighted by atomic mass is 16.3. The Balaban J connectivity index is 1.13. The Labute approximate surface area is 397 Å². The van der Waals surface area contributed by atoms with Gasteiger partial charge in [0.15, 0.2) is 17.5 Å². The molecule has 13 rings (SSSR count). The van der Waals surface area contributed by atoms with Crippen LogP contribution in [-0.2, 0) is 0 Å². The molecule has 0 amide bonds. The normalized spacial score (nSPS) is 11.5. The third-order valence-corrected chi connectivity index (χ3v) is 13.0. The Kier molecular flexibility index (Phi) is 9.72. The summed E-state index contributed by atoms with van der Waals surface area (Å²) in [6, 6.07) is 82.1. The summed E-state index contributed by atoms with van der Waals surface area (Å²) in [5.41, 5.74) is 14.6. The topological polar surface area (TPSA) is 69.9 Å². The van der Waals surface area contributed by atoms with E-state index in [1.807, 2.05) is 72.8 Å². The largest absolute Gasteiger partial charge is 0.464 e. The van der Waals surface area contributed by atoms with Crippen molar-refractivity contribution < 1.29 is 8.83 Å². The first-order chi connectivity index (χ1) is 34.2. The van der Waals surface area contributed by atoms with Gasteiger partial charge in [0.05, 0.1) is 23.0 Å². The van der Waals surface area contributed by atoms with E-state index in [1.54, 1.807) is 6.26 Å². The lowest BCUT2D eigenvalue weighted by Crippen LogP contribution is -2.04. The molecule has 0 unspecified atom stereocenters. The molecule has 0 N–H and O–H groups in total. The van der Waals surface area contributed by atoms with Crippen molar-refractivity contribution in [1.29, 1.82) is 0 Å². The van der Waals surface area contributed by atoms with Crippen LogP contribution in [0, 0.1) is 0 Å². The van der Waals surface area contributed by atoms with E-state index >= 15 is 0 Å². The number of nitrogens with zero attached hydrogens (tertiary/aromatic N) is 4. The van der Waals surface area contributed by atoms with Crippen molar-refractivity contribution >= 4 is 54.7 Å². The molecule has 0 fully saturated rings. The number of benzene rings is 9. The van der Waals surface area contributed by atoms with Crippen molar-refractivity contribution in [1.82, 2.24) is 19.5 Å². The monoisotopic (exact) mass is 884 g/mol. The first-order valence-electron chi connectivity index (χ1n) is 23.1. The first kappa shape index (κ1) is 39.9. The van der Waals surface area contributed by atoms with Crippen molar-refractivity contribution in [2.75, 3.05) is 0 Å². The van der Waals surface area contributed by atoms with Gasteiger partial charge in [-0.1, -0.05) is 176 Å². The molecule has 0 radical (unpaired) electrons. The molecule has 6 heteroatoms. The van der Waals surface area contributed by atoms with Crippen LogP contribution < -0.4 is 0 Å². The van der Waals surface area contributed by atoms with Gasteiger partial charge in [-0.3, -0.25) is 0 Å². The molecule has 0 spiro atoms. The molecule has 0 aliphatic heterocycles. The fraction of sp³-hybridized carbons (Fsp3) is 0. The third kappa shape index (κ3) is 7.10. The summed E-state index contributed by atoms with van der Waals surface area (Å²) < 4.78 is 14.9. The van der Waals surface area contributed by atoms with Crippen LogP contribution in [0.2, 0.25) is 0 Å². The number of aromatic nitrogens is 4. The molecule has 6 nitrogen and oxygen atoms in total. The van der Waals surface area contributed by atoms with Crippen molar-refractivity contribution in [3.63, 3.8) is 0 Å². The molecule has 69 heavy (non-hydrogen) atoms. The summed E-state index contributed by atoms with van der Waals surface area (Å²) in [6.07, 6.45) is 1.69. The van der Waals surface area contributed by atoms with Gasteiger partial charge in [0.25, 0.3) is 0 Å². The minimum atomic E-state index is 0.518. The molecule has 0 atom stereocenters. The Hall–Kier alpha value is -9.39. The number of furan rings is 1. The van der Waals surface area contributed by atoms with Crippen molar-refractivity contribution in [3.05, 3.63) is 243 Å². The van der Waals surface area contributed by atoms with Gasteiger partial charge in [0.1, 0.15) is 16.7 Å². The number of rotatable bonds is 7. The number of hydrogen-bond acceptors (Lipinski definition) is 5. The average molecular weight is 885 g/mol. The van der Waals surface area contributed by atoms with E-state index in [0.717, 1.165) is 88.6 Å². The summed E-state index contributed by atoms with van der Waals surface area (Å²) in [5, 5.41) is 5.20. The predicted octanol–water partition coefficient (Wildman–Crippen LogP) is 16.7. The second kappa shape index (κ2) is 16.8. The summed E-state index contributed by atoms with van der Waals surface area (Å²) in [5.74, 6) is 1.58. The van der Waals surface area contributed by atoms with Crippen LogP contribution in [0.5, 0.6) is 0 Å². The Bertz CT molecular complexity index is 4070. The molecule has 0 saturated carbocycles. The minimum absolute atomic E-state index is 0.518. The van der Waals surface area contributed by atoms with Crippen LogP contribution in [0.3, 0.4) is 0 Å². The summed E-state index contributed by atoms with van der Waals surface area (Å²) in [7, 11) is 0. The zero-order chi connectivity index (χ0) is 45.7. The van der Waals surface area contributed by atoms with Crippen LogP contribution in [0.4, 0.5) is 0 Å². The highest BCUT2D eigenvalue weighted by Crippen LogP contribution is 2.45. The van der Waals surface area contributed by atoms with Crippen LogP contribution in [0.1, 0.15) is 0 Å². The molecule has 324 valence electrons. The highest BCUT2D eigenvalue weighted by molar-refractivity contribution is 6.13. The van der Waals surface area contributed by atoms with Crippen LogP contribution in [-0.4, -0.2) is 19.5 Å². The predicted molar refractivity (Wildman–Crippen MR) is 281 cm³/mol. The highest BCUT2D eigenvalue weighted by Gasteiger charge is 2.24. The molecule has 13 aromatic rings. The fourth-order valence-corrected chi connectivity index (χ4v) is 9.80. The van der Waals surface area contributed by atoms with Gasteiger partial charge in [-0.25, -0.2) is 15.0 Å². The average Bonchev–Trinajstić information content (AvgIpc) is 3.99. The molecular weight excluding hydrogens is 845 g/mol. The second-order valence-electron chi connectivity index (χ2n) is 17.1. The van der Waals surface area contributed by atoms with E-state index in [0.29, 0.717) is 17.5 Å². The number of para-hydroxylation sites is 3. The van der Waals surface area contributed by atoms with E-state index < -0.39 is 0 Å². The fourth-order valence-electron chi connectivity index (χ4n) is 9.80. The maximum Gasteiger partial charge on any atom is 0.164 e. The SMILES string of the molecule is c1ccc(-c2ccc3c(c2)c2ccccc2n3-c2c(-c3ccccc3)cc(-c3nc(-c4ccccoc5ccccc5c4)nc(-c4cccc5oc6ccccc6c45)n3)cc2-c2ccccc2)cc1. The Morgan fingerprint density at radius 3 is 1.64 bits per heavy atom. The zero-order valence-electron chi connectivity index (χ0n) is 37.2. The second-order valence-corrected chi connectivity index (χ2v) is 17.1. The van der Waals surface area contributed by atoms with E-state index in [9.17, 15) is 0 Å². The summed E-state index contributed by atoms with van der Waals surface area (Å²) in [6.45, 7) is 0. The van der Waals surface area contributed by atoms with Gasteiger partial charge in [-0.15, -0.1) is 0 Å². The summed E-state index contributed by atoms with van der Waals surface area (Å²) >= 11 is 0.